The van der Waals surface area contributed by atoms with Gasteiger partial charge < -0.3 is 14.8 Å². The summed E-state index contributed by atoms with van der Waals surface area (Å²) in [5, 5.41) is 18.0. The van der Waals surface area contributed by atoms with Gasteiger partial charge >= 0.3 is 7.12 Å². The summed E-state index contributed by atoms with van der Waals surface area (Å²) < 4.78 is 5.73. The van der Waals surface area contributed by atoms with Crippen LogP contribution in [0, 0.1) is 5.92 Å². The zero-order valence-corrected chi connectivity index (χ0v) is 12.3. The van der Waals surface area contributed by atoms with E-state index < -0.39 is 7.12 Å². The number of hydrogen-bond acceptors (Lipinski definition) is 4. The SMILES string of the molecule is CC(C)CN(CCOc1ccc(B(O)O)cc1)C1CC1. The molecule has 0 atom stereocenters. The van der Waals surface area contributed by atoms with Gasteiger partial charge in [-0.1, -0.05) is 26.0 Å². The summed E-state index contributed by atoms with van der Waals surface area (Å²) in [4.78, 5) is 2.51. The van der Waals surface area contributed by atoms with Crippen molar-refractivity contribution in [2.75, 3.05) is 19.7 Å². The van der Waals surface area contributed by atoms with Crippen molar-refractivity contribution < 1.29 is 14.8 Å². The zero-order chi connectivity index (χ0) is 14.5. The maximum Gasteiger partial charge on any atom is 0.488 e. The quantitative estimate of drug-likeness (QED) is 0.692. The highest BCUT2D eigenvalue weighted by atomic mass is 16.5. The van der Waals surface area contributed by atoms with Crippen molar-refractivity contribution >= 4 is 12.6 Å². The molecule has 1 aliphatic rings. The van der Waals surface area contributed by atoms with Crippen LogP contribution in [-0.2, 0) is 0 Å². The minimum absolute atomic E-state index is 0.483. The van der Waals surface area contributed by atoms with Gasteiger partial charge in [0.25, 0.3) is 0 Å². The lowest BCUT2D eigenvalue weighted by Gasteiger charge is -2.23. The number of nitrogens with zero attached hydrogens (tertiary/aromatic N) is 1. The third-order valence-electron chi connectivity index (χ3n) is 3.49. The van der Waals surface area contributed by atoms with Crippen molar-refractivity contribution in [2.45, 2.75) is 32.7 Å². The molecule has 1 aliphatic carbocycles. The standard InChI is InChI=1S/C15H24BNO3/c1-12(2)11-17(14-5-6-14)9-10-20-15-7-3-13(4-8-15)16(18)19/h3-4,7-8,12,14,18-19H,5-6,9-11H2,1-2H3. The molecule has 0 radical (unpaired) electrons. The summed E-state index contributed by atoms with van der Waals surface area (Å²) in [6.45, 7) is 7.24. The van der Waals surface area contributed by atoms with Gasteiger partial charge in [-0.15, -0.1) is 0 Å². The van der Waals surface area contributed by atoms with Gasteiger partial charge in [0.2, 0.25) is 0 Å². The van der Waals surface area contributed by atoms with Crippen molar-refractivity contribution in [1.82, 2.24) is 4.90 Å². The second-order valence-corrected chi connectivity index (χ2v) is 5.91. The first-order valence-corrected chi connectivity index (χ1v) is 7.39. The van der Waals surface area contributed by atoms with Crippen molar-refractivity contribution in [3.05, 3.63) is 24.3 Å². The second kappa shape index (κ2) is 7.11. The van der Waals surface area contributed by atoms with Crippen LogP contribution in [-0.4, -0.2) is 47.8 Å². The number of ether oxygens (including phenoxy) is 1. The monoisotopic (exact) mass is 277 g/mol. The largest absolute Gasteiger partial charge is 0.492 e. The van der Waals surface area contributed by atoms with Gasteiger partial charge in [0.15, 0.2) is 0 Å². The number of rotatable bonds is 8. The molecule has 2 N–H and O–H groups in total. The van der Waals surface area contributed by atoms with Crippen LogP contribution in [0.1, 0.15) is 26.7 Å². The summed E-state index contributed by atoms with van der Waals surface area (Å²) in [5.41, 5.74) is 0.483. The van der Waals surface area contributed by atoms with Crippen molar-refractivity contribution in [1.29, 1.82) is 0 Å². The molecule has 0 aromatic heterocycles. The molecule has 5 heteroatoms. The van der Waals surface area contributed by atoms with Gasteiger partial charge in [0.1, 0.15) is 12.4 Å². The maximum atomic E-state index is 9.02. The van der Waals surface area contributed by atoms with E-state index in [1.807, 2.05) is 0 Å². The molecular weight excluding hydrogens is 253 g/mol. The van der Waals surface area contributed by atoms with Gasteiger partial charge in [-0.05, 0) is 36.4 Å². The Labute approximate surface area is 121 Å². The highest BCUT2D eigenvalue weighted by Crippen LogP contribution is 2.27. The number of hydrogen-bond donors (Lipinski definition) is 2. The summed E-state index contributed by atoms with van der Waals surface area (Å²) in [6.07, 6.45) is 2.63. The Morgan fingerprint density at radius 3 is 2.40 bits per heavy atom. The molecular formula is C15H24BNO3. The van der Waals surface area contributed by atoms with Gasteiger partial charge in [0.05, 0.1) is 0 Å². The predicted molar refractivity (Wildman–Crippen MR) is 81.2 cm³/mol. The molecule has 20 heavy (non-hydrogen) atoms. The second-order valence-electron chi connectivity index (χ2n) is 5.91. The van der Waals surface area contributed by atoms with Crippen LogP contribution in [0.5, 0.6) is 5.75 Å². The molecule has 0 aliphatic heterocycles. The van der Waals surface area contributed by atoms with Gasteiger partial charge in [-0.3, -0.25) is 4.90 Å². The normalized spacial score (nSPS) is 14.9. The highest BCUT2D eigenvalue weighted by Gasteiger charge is 2.28. The Kier molecular flexibility index (Phi) is 5.46. The fraction of sp³-hybridized carbons (Fsp3) is 0.600. The van der Waals surface area contributed by atoms with E-state index in [1.54, 1.807) is 24.3 Å². The van der Waals surface area contributed by atoms with Crippen LogP contribution < -0.4 is 10.2 Å². The van der Waals surface area contributed by atoms with Gasteiger partial charge in [-0.2, -0.15) is 0 Å². The molecule has 0 saturated heterocycles. The lowest BCUT2D eigenvalue weighted by Crippen LogP contribution is -2.33. The lowest BCUT2D eigenvalue weighted by atomic mass is 9.80. The highest BCUT2D eigenvalue weighted by molar-refractivity contribution is 6.58. The number of benzene rings is 1. The molecule has 1 fully saturated rings. The minimum atomic E-state index is -1.42. The smallest absolute Gasteiger partial charge is 0.488 e. The molecule has 0 spiro atoms. The maximum absolute atomic E-state index is 9.02. The lowest BCUT2D eigenvalue weighted by molar-refractivity contribution is 0.185. The Morgan fingerprint density at radius 1 is 1.25 bits per heavy atom. The van der Waals surface area contributed by atoms with Crippen LogP contribution in [0.25, 0.3) is 0 Å². The van der Waals surface area contributed by atoms with E-state index in [9.17, 15) is 0 Å². The van der Waals surface area contributed by atoms with Crippen LogP contribution in [0.3, 0.4) is 0 Å². The molecule has 0 heterocycles. The van der Waals surface area contributed by atoms with Crippen LogP contribution in [0.4, 0.5) is 0 Å². The Morgan fingerprint density at radius 2 is 1.90 bits per heavy atom. The summed E-state index contributed by atoms with van der Waals surface area (Å²) in [7, 11) is -1.42. The van der Waals surface area contributed by atoms with E-state index in [-0.39, 0.29) is 0 Å². The minimum Gasteiger partial charge on any atom is -0.492 e. The molecule has 0 amide bonds. The molecule has 110 valence electrons. The zero-order valence-electron chi connectivity index (χ0n) is 12.3. The van der Waals surface area contributed by atoms with Crippen molar-refractivity contribution in [3.8, 4) is 5.75 Å². The Hall–Kier alpha value is -1.04. The molecule has 2 rings (SSSR count). The summed E-state index contributed by atoms with van der Waals surface area (Å²) >= 11 is 0. The molecule has 4 nitrogen and oxygen atoms in total. The average molecular weight is 277 g/mol. The van der Waals surface area contributed by atoms with E-state index in [1.165, 1.54) is 12.8 Å². The molecule has 0 unspecified atom stereocenters. The average Bonchev–Trinajstić information content (AvgIpc) is 3.22. The Balaban J connectivity index is 1.76. The first-order chi connectivity index (χ1) is 9.56. The van der Waals surface area contributed by atoms with E-state index >= 15 is 0 Å². The van der Waals surface area contributed by atoms with Gasteiger partial charge in [-0.25, -0.2) is 0 Å². The van der Waals surface area contributed by atoms with Crippen LogP contribution in [0.2, 0.25) is 0 Å². The fourth-order valence-electron chi connectivity index (χ4n) is 2.35. The van der Waals surface area contributed by atoms with E-state index in [0.29, 0.717) is 18.0 Å². The molecule has 1 aromatic carbocycles. The topological polar surface area (TPSA) is 52.9 Å². The third-order valence-corrected chi connectivity index (χ3v) is 3.49. The summed E-state index contributed by atoms with van der Waals surface area (Å²) in [6, 6.07) is 7.66. The molecule has 0 bridgehead atoms. The van der Waals surface area contributed by atoms with E-state index in [4.69, 9.17) is 14.8 Å². The third kappa shape index (κ3) is 4.82. The first-order valence-electron chi connectivity index (χ1n) is 7.39. The van der Waals surface area contributed by atoms with Crippen LogP contribution in [0.15, 0.2) is 24.3 Å². The van der Waals surface area contributed by atoms with E-state index in [0.717, 1.165) is 24.9 Å². The van der Waals surface area contributed by atoms with Crippen LogP contribution >= 0.6 is 0 Å². The molecule has 1 aromatic rings. The summed E-state index contributed by atoms with van der Waals surface area (Å²) in [5.74, 6) is 1.45. The molecule has 1 saturated carbocycles. The van der Waals surface area contributed by atoms with E-state index in [2.05, 4.69) is 18.7 Å². The first kappa shape index (κ1) is 15.4. The fourth-order valence-corrected chi connectivity index (χ4v) is 2.35. The van der Waals surface area contributed by atoms with Gasteiger partial charge in [0, 0.05) is 19.1 Å². The van der Waals surface area contributed by atoms with Crippen molar-refractivity contribution in [2.24, 2.45) is 5.92 Å². The van der Waals surface area contributed by atoms with Crippen molar-refractivity contribution in [3.63, 3.8) is 0 Å². The Bertz CT molecular complexity index is 404. The predicted octanol–water partition coefficient (Wildman–Crippen LogP) is 0.866.